The molecule has 2 aromatic heterocycles. The highest BCUT2D eigenvalue weighted by Crippen LogP contribution is 2.45. The molecule has 0 fully saturated rings. The third-order valence-corrected chi connectivity index (χ3v) is 10.2. The van der Waals surface area contributed by atoms with Gasteiger partial charge in [0, 0.05) is 23.0 Å². The van der Waals surface area contributed by atoms with Gasteiger partial charge in [0.25, 0.3) is 0 Å². The molecule has 3 heteroatoms. The Morgan fingerprint density at radius 2 is 0.906 bits per heavy atom. The molecular formula is C50H33N3. The molecule has 0 aliphatic carbocycles. The van der Waals surface area contributed by atoms with Crippen LogP contribution in [0.5, 0.6) is 0 Å². The molecule has 10 aromatic rings. The zero-order valence-electron chi connectivity index (χ0n) is 28.9. The van der Waals surface area contributed by atoms with Gasteiger partial charge in [-0.25, -0.2) is 4.98 Å². The van der Waals surface area contributed by atoms with E-state index in [0.717, 1.165) is 45.3 Å². The van der Waals surface area contributed by atoms with E-state index >= 15 is 0 Å². The second-order valence-corrected chi connectivity index (χ2v) is 13.4. The standard InChI is InChI=1S/C50H33N3/c1-3-16-36(17-4-1)48-49(37-18-5-2-6-19-37)53(50(52-48)45-25-13-14-32-51-45)40-30-28-35(29-31-40)46-41-21-9-11-23-43(41)47(44-24-12-10-22-42(44)46)39-27-26-34-15-7-8-20-38(34)33-39/h1-33H. The Balaban J connectivity index is 1.19. The average molecular weight is 676 g/mol. The maximum Gasteiger partial charge on any atom is 0.164 e. The van der Waals surface area contributed by atoms with Crippen molar-refractivity contribution >= 4 is 32.3 Å². The molecule has 2 heterocycles. The summed E-state index contributed by atoms with van der Waals surface area (Å²) < 4.78 is 2.27. The maximum atomic E-state index is 5.32. The summed E-state index contributed by atoms with van der Waals surface area (Å²) in [5, 5.41) is 7.44. The molecule has 0 spiro atoms. The molecule has 8 aromatic carbocycles. The first-order valence-corrected chi connectivity index (χ1v) is 18.0. The van der Waals surface area contributed by atoms with Crippen molar-refractivity contribution in [1.29, 1.82) is 0 Å². The Morgan fingerprint density at radius 3 is 1.53 bits per heavy atom. The summed E-state index contributed by atoms with van der Waals surface area (Å²) in [4.78, 5) is 10.1. The number of pyridine rings is 1. The second-order valence-electron chi connectivity index (χ2n) is 13.4. The van der Waals surface area contributed by atoms with Gasteiger partial charge in [0.2, 0.25) is 0 Å². The molecule has 53 heavy (non-hydrogen) atoms. The van der Waals surface area contributed by atoms with Gasteiger partial charge in [-0.3, -0.25) is 9.55 Å². The van der Waals surface area contributed by atoms with E-state index < -0.39 is 0 Å². The summed E-state index contributed by atoms with van der Waals surface area (Å²) in [6.45, 7) is 0. The molecule has 0 amide bonds. The van der Waals surface area contributed by atoms with E-state index in [4.69, 9.17) is 9.97 Å². The SMILES string of the molecule is c1ccc(-c2nc(-c3ccccn3)n(-c3ccc(-c4c5ccccc5c(-c5ccc6ccccc6c5)c5ccccc45)cc3)c2-c2ccccc2)cc1. The van der Waals surface area contributed by atoms with Crippen molar-refractivity contribution in [2.45, 2.75) is 0 Å². The van der Waals surface area contributed by atoms with Crippen LogP contribution in [0.3, 0.4) is 0 Å². The summed E-state index contributed by atoms with van der Waals surface area (Å²) in [7, 11) is 0. The van der Waals surface area contributed by atoms with E-state index in [1.165, 1.54) is 49.0 Å². The number of benzene rings is 8. The van der Waals surface area contributed by atoms with Crippen molar-refractivity contribution in [1.82, 2.24) is 14.5 Å². The Morgan fingerprint density at radius 1 is 0.377 bits per heavy atom. The Hall–Kier alpha value is -7.10. The first kappa shape index (κ1) is 30.7. The number of hydrogen-bond donors (Lipinski definition) is 0. The quantitative estimate of drug-likeness (QED) is 0.164. The van der Waals surface area contributed by atoms with Crippen LogP contribution in [-0.2, 0) is 0 Å². The highest BCUT2D eigenvalue weighted by molar-refractivity contribution is 6.21. The van der Waals surface area contributed by atoms with Crippen molar-refractivity contribution in [3.63, 3.8) is 0 Å². The normalized spacial score (nSPS) is 11.4. The van der Waals surface area contributed by atoms with Crippen LogP contribution in [0.4, 0.5) is 0 Å². The fraction of sp³-hybridized carbons (Fsp3) is 0. The molecule has 0 saturated heterocycles. The molecule has 0 unspecified atom stereocenters. The second kappa shape index (κ2) is 12.9. The number of imidazole rings is 1. The molecule has 0 saturated carbocycles. The van der Waals surface area contributed by atoms with Gasteiger partial charge >= 0.3 is 0 Å². The van der Waals surface area contributed by atoms with Crippen molar-refractivity contribution < 1.29 is 0 Å². The summed E-state index contributed by atoms with van der Waals surface area (Å²) in [5.74, 6) is 0.798. The molecule has 0 aliphatic heterocycles. The van der Waals surface area contributed by atoms with Gasteiger partial charge in [-0.15, -0.1) is 0 Å². The van der Waals surface area contributed by atoms with Crippen LogP contribution >= 0.6 is 0 Å². The number of rotatable bonds is 6. The van der Waals surface area contributed by atoms with Crippen molar-refractivity contribution in [2.24, 2.45) is 0 Å². The lowest BCUT2D eigenvalue weighted by atomic mass is 9.85. The topological polar surface area (TPSA) is 30.7 Å². The van der Waals surface area contributed by atoms with Crippen LogP contribution in [0.1, 0.15) is 0 Å². The maximum absolute atomic E-state index is 5.32. The number of nitrogens with zero attached hydrogens (tertiary/aromatic N) is 3. The molecule has 0 aliphatic rings. The van der Waals surface area contributed by atoms with Crippen LogP contribution in [0.2, 0.25) is 0 Å². The van der Waals surface area contributed by atoms with E-state index in [1.807, 2.05) is 30.5 Å². The Bertz CT molecular complexity index is 2850. The Labute approximate surface area is 308 Å². The summed E-state index contributed by atoms with van der Waals surface area (Å²) in [6.07, 6.45) is 1.83. The van der Waals surface area contributed by atoms with Crippen molar-refractivity contribution in [3.05, 3.63) is 200 Å². The molecule has 10 rings (SSSR count). The summed E-state index contributed by atoms with van der Waals surface area (Å²) in [5.41, 5.74) is 10.8. The highest BCUT2D eigenvalue weighted by Gasteiger charge is 2.23. The van der Waals surface area contributed by atoms with Gasteiger partial charge in [-0.2, -0.15) is 0 Å². The largest absolute Gasteiger partial charge is 0.290 e. The first-order valence-electron chi connectivity index (χ1n) is 18.0. The summed E-state index contributed by atoms with van der Waals surface area (Å²) >= 11 is 0. The van der Waals surface area contributed by atoms with Crippen LogP contribution < -0.4 is 0 Å². The fourth-order valence-electron chi connectivity index (χ4n) is 7.87. The van der Waals surface area contributed by atoms with E-state index in [2.05, 4.69) is 174 Å². The third-order valence-electron chi connectivity index (χ3n) is 10.2. The smallest absolute Gasteiger partial charge is 0.164 e. The van der Waals surface area contributed by atoms with E-state index in [0.29, 0.717) is 0 Å². The lowest BCUT2D eigenvalue weighted by molar-refractivity contribution is 1.06. The molecule has 248 valence electrons. The number of hydrogen-bond acceptors (Lipinski definition) is 2. The van der Waals surface area contributed by atoms with Gasteiger partial charge < -0.3 is 0 Å². The third kappa shape index (κ3) is 5.30. The van der Waals surface area contributed by atoms with Crippen LogP contribution in [-0.4, -0.2) is 14.5 Å². The van der Waals surface area contributed by atoms with E-state index in [1.54, 1.807) is 0 Å². The van der Waals surface area contributed by atoms with Crippen molar-refractivity contribution in [2.75, 3.05) is 0 Å². The van der Waals surface area contributed by atoms with Crippen LogP contribution in [0.25, 0.3) is 94.3 Å². The zero-order chi connectivity index (χ0) is 35.1. The lowest BCUT2D eigenvalue weighted by Crippen LogP contribution is -2.01. The molecule has 0 bridgehead atoms. The van der Waals surface area contributed by atoms with Gasteiger partial charge in [0.15, 0.2) is 5.82 Å². The minimum absolute atomic E-state index is 0.798. The fourth-order valence-corrected chi connectivity index (χ4v) is 7.87. The van der Waals surface area contributed by atoms with Crippen LogP contribution in [0.15, 0.2) is 200 Å². The molecule has 0 atom stereocenters. The minimum Gasteiger partial charge on any atom is -0.290 e. The van der Waals surface area contributed by atoms with Gasteiger partial charge in [0.1, 0.15) is 5.69 Å². The summed E-state index contributed by atoms with van der Waals surface area (Å²) in [6, 6.07) is 69.1. The van der Waals surface area contributed by atoms with E-state index in [9.17, 15) is 0 Å². The molecule has 0 radical (unpaired) electrons. The predicted molar refractivity (Wildman–Crippen MR) is 221 cm³/mol. The molecule has 0 N–H and O–H groups in total. The minimum atomic E-state index is 0.798. The first-order chi connectivity index (χ1) is 26.3. The van der Waals surface area contributed by atoms with Gasteiger partial charge in [-0.05, 0) is 84.9 Å². The number of fused-ring (bicyclic) bond motifs is 3. The molecular weight excluding hydrogens is 643 g/mol. The van der Waals surface area contributed by atoms with Crippen LogP contribution in [0, 0.1) is 0 Å². The molecule has 3 nitrogen and oxygen atoms in total. The number of aromatic nitrogens is 3. The monoisotopic (exact) mass is 675 g/mol. The Kier molecular flexibility index (Phi) is 7.47. The average Bonchev–Trinajstić information content (AvgIpc) is 3.64. The lowest BCUT2D eigenvalue weighted by Gasteiger charge is -2.19. The zero-order valence-corrected chi connectivity index (χ0v) is 28.9. The van der Waals surface area contributed by atoms with E-state index in [-0.39, 0.29) is 0 Å². The van der Waals surface area contributed by atoms with Gasteiger partial charge in [-0.1, -0.05) is 164 Å². The van der Waals surface area contributed by atoms with Gasteiger partial charge in [0.05, 0.1) is 11.4 Å². The van der Waals surface area contributed by atoms with Crippen molar-refractivity contribution in [3.8, 4) is 62.0 Å². The highest BCUT2D eigenvalue weighted by atomic mass is 15.1. The predicted octanol–water partition coefficient (Wildman–Crippen LogP) is 13.1.